The second-order valence-corrected chi connectivity index (χ2v) is 8.60. The maximum absolute atomic E-state index is 14.3. The van der Waals surface area contributed by atoms with Gasteiger partial charge in [0.1, 0.15) is 11.4 Å². The zero-order chi connectivity index (χ0) is 20.4. The fraction of sp³-hybridized carbons (Fsp3) is 0.556. The number of halogens is 3. The van der Waals surface area contributed by atoms with Gasteiger partial charge in [0.2, 0.25) is 0 Å². The van der Waals surface area contributed by atoms with Gasteiger partial charge in [0.05, 0.1) is 16.6 Å². The number of carbonyl (C=O) groups excluding carboxylic acids is 2. The lowest BCUT2D eigenvalue weighted by atomic mass is 10.1. The van der Waals surface area contributed by atoms with Crippen molar-refractivity contribution in [3.63, 3.8) is 0 Å². The molecule has 1 saturated heterocycles. The van der Waals surface area contributed by atoms with Crippen molar-refractivity contribution in [1.82, 2.24) is 9.80 Å². The van der Waals surface area contributed by atoms with Crippen LogP contribution in [-0.4, -0.2) is 64.8 Å². The molecule has 1 aliphatic rings. The first-order valence-electron chi connectivity index (χ1n) is 8.57. The van der Waals surface area contributed by atoms with Crippen molar-refractivity contribution in [2.24, 2.45) is 0 Å². The fourth-order valence-electron chi connectivity index (χ4n) is 2.85. The molecule has 0 saturated carbocycles. The number of rotatable bonds is 3. The molecule has 6 nitrogen and oxygen atoms in total. The average Bonchev–Trinajstić information content (AvgIpc) is 2.56. The van der Waals surface area contributed by atoms with Gasteiger partial charge in [-0.1, -0.05) is 11.6 Å². The van der Waals surface area contributed by atoms with Crippen LogP contribution in [0.15, 0.2) is 16.6 Å². The van der Waals surface area contributed by atoms with E-state index < -0.39 is 29.5 Å². The Hall–Kier alpha value is -1.38. The Morgan fingerprint density at radius 3 is 2.63 bits per heavy atom. The van der Waals surface area contributed by atoms with Gasteiger partial charge >= 0.3 is 6.09 Å². The highest BCUT2D eigenvalue weighted by Gasteiger charge is 2.35. The second-order valence-electron chi connectivity index (χ2n) is 7.34. The van der Waals surface area contributed by atoms with Crippen molar-refractivity contribution in [2.45, 2.75) is 38.8 Å². The Labute approximate surface area is 171 Å². The summed E-state index contributed by atoms with van der Waals surface area (Å²) in [4.78, 5) is 28.1. The van der Waals surface area contributed by atoms with Crippen LogP contribution in [0.25, 0.3) is 0 Å². The lowest BCUT2D eigenvalue weighted by molar-refractivity contribution is 0.00167. The Morgan fingerprint density at radius 1 is 1.37 bits per heavy atom. The third-order valence-electron chi connectivity index (χ3n) is 4.10. The van der Waals surface area contributed by atoms with Crippen LogP contribution in [0.1, 0.15) is 37.6 Å². The number of hydrogen-bond donors (Lipinski definition) is 1. The normalized spacial score (nSPS) is 17.8. The van der Waals surface area contributed by atoms with E-state index in [2.05, 4.69) is 15.9 Å². The van der Waals surface area contributed by atoms with Gasteiger partial charge in [0.15, 0.2) is 0 Å². The Morgan fingerprint density at radius 2 is 2.04 bits per heavy atom. The highest BCUT2D eigenvalue weighted by Crippen LogP contribution is 2.27. The van der Waals surface area contributed by atoms with Crippen LogP contribution in [0.3, 0.4) is 0 Å². The van der Waals surface area contributed by atoms with E-state index in [4.69, 9.17) is 16.3 Å². The zero-order valence-corrected chi connectivity index (χ0v) is 17.8. The second kappa shape index (κ2) is 8.75. The summed E-state index contributed by atoms with van der Waals surface area (Å²) in [6.45, 7) is 5.82. The summed E-state index contributed by atoms with van der Waals surface area (Å²) in [7, 11) is 0. The number of carbonyl (C=O) groups is 2. The molecular formula is C18H23BrClFN2O4. The summed E-state index contributed by atoms with van der Waals surface area (Å²) in [6, 6.07) is 1.97. The molecule has 150 valence electrons. The molecule has 1 aromatic rings. The number of aliphatic hydroxyl groups is 1. The van der Waals surface area contributed by atoms with E-state index in [9.17, 15) is 19.1 Å². The summed E-state index contributed by atoms with van der Waals surface area (Å²) in [5.41, 5.74) is -0.773. The number of hydrogen-bond acceptors (Lipinski definition) is 4. The maximum Gasteiger partial charge on any atom is 0.410 e. The molecule has 1 heterocycles. The molecule has 2 amide bonds. The standard InChI is InChI=1S/C18H23BrClFN2O4/c1-18(2,3)27-17(26)22-5-6-23(11(10-22)4-7-24)16(25)12-8-14(20)13(19)9-15(12)21/h8-9,11,24H,4-7,10H2,1-3H3/t11-/m1/s1. The first-order valence-corrected chi connectivity index (χ1v) is 9.75. The largest absolute Gasteiger partial charge is 0.444 e. The molecule has 9 heteroatoms. The minimum absolute atomic E-state index is 0.142. The first-order chi connectivity index (χ1) is 12.5. The number of aliphatic hydroxyl groups excluding tert-OH is 1. The Bertz CT molecular complexity index is 726. The van der Waals surface area contributed by atoms with Gasteiger partial charge in [-0.15, -0.1) is 0 Å². The van der Waals surface area contributed by atoms with Crippen molar-refractivity contribution < 1.29 is 23.8 Å². The molecule has 1 atom stereocenters. The molecule has 0 aromatic heterocycles. The molecule has 27 heavy (non-hydrogen) atoms. The molecule has 0 bridgehead atoms. The molecule has 1 aromatic carbocycles. The van der Waals surface area contributed by atoms with E-state index in [1.807, 2.05) is 0 Å². The first kappa shape index (κ1) is 21.9. The number of nitrogens with zero attached hydrogens (tertiary/aromatic N) is 2. The summed E-state index contributed by atoms with van der Waals surface area (Å²) in [5, 5.41) is 9.59. The molecule has 0 spiro atoms. The van der Waals surface area contributed by atoms with E-state index in [0.29, 0.717) is 4.47 Å². The summed E-state index contributed by atoms with van der Waals surface area (Å²) >= 11 is 9.12. The molecule has 1 fully saturated rings. The van der Waals surface area contributed by atoms with Crippen molar-refractivity contribution in [3.8, 4) is 0 Å². The molecule has 2 rings (SSSR count). The third kappa shape index (κ3) is 5.56. The fourth-order valence-corrected chi connectivity index (χ4v) is 3.33. The van der Waals surface area contributed by atoms with Gasteiger partial charge in [0, 0.05) is 30.7 Å². The predicted octanol–water partition coefficient (Wildman–Crippen LogP) is 3.69. The van der Waals surface area contributed by atoms with Crippen LogP contribution >= 0.6 is 27.5 Å². The van der Waals surface area contributed by atoms with Gasteiger partial charge in [-0.3, -0.25) is 4.79 Å². The monoisotopic (exact) mass is 464 g/mol. The summed E-state index contributed by atoms with van der Waals surface area (Å²) < 4.78 is 20.0. The van der Waals surface area contributed by atoms with E-state index in [0.717, 1.165) is 6.07 Å². The van der Waals surface area contributed by atoms with Gasteiger partial charge < -0.3 is 19.6 Å². The van der Waals surface area contributed by atoms with Crippen LogP contribution in [0.5, 0.6) is 0 Å². The molecule has 0 aliphatic carbocycles. The summed E-state index contributed by atoms with van der Waals surface area (Å²) in [5.74, 6) is -1.21. The quantitative estimate of drug-likeness (QED) is 0.691. The van der Waals surface area contributed by atoms with Crippen LogP contribution < -0.4 is 0 Å². The predicted molar refractivity (Wildman–Crippen MR) is 103 cm³/mol. The van der Waals surface area contributed by atoms with Crippen LogP contribution in [0.2, 0.25) is 5.02 Å². The SMILES string of the molecule is CC(C)(C)OC(=O)N1CCN(C(=O)c2cc(Cl)c(Br)cc2F)[C@H](CCO)C1. The molecular weight excluding hydrogens is 443 g/mol. The van der Waals surface area contributed by atoms with Gasteiger partial charge in [-0.25, -0.2) is 9.18 Å². The highest BCUT2D eigenvalue weighted by molar-refractivity contribution is 9.10. The third-order valence-corrected chi connectivity index (χ3v) is 5.30. The van der Waals surface area contributed by atoms with E-state index in [1.165, 1.54) is 15.9 Å². The van der Waals surface area contributed by atoms with Crippen molar-refractivity contribution in [3.05, 3.63) is 33.0 Å². The minimum atomic E-state index is -0.686. The van der Waals surface area contributed by atoms with Crippen LogP contribution in [0, 0.1) is 5.82 Å². The smallest absolute Gasteiger partial charge is 0.410 e. The summed E-state index contributed by atoms with van der Waals surface area (Å²) in [6.07, 6.45) is -0.216. The van der Waals surface area contributed by atoms with E-state index in [1.54, 1.807) is 20.8 Å². The lowest BCUT2D eigenvalue weighted by Crippen LogP contribution is -2.57. The average molecular weight is 466 g/mol. The Balaban J connectivity index is 2.19. The molecule has 0 radical (unpaired) electrons. The van der Waals surface area contributed by atoms with Crippen LogP contribution in [0.4, 0.5) is 9.18 Å². The topological polar surface area (TPSA) is 70.1 Å². The molecule has 1 aliphatic heterocycles. The lowest BCUT2D eigenvalue weighted by Gasteiger charge is -2.41. The minimum Gasteiger partial charge on any atom is -0.444 e. The molecule has 0 unspecified atom stereocenters. The number of benzene rings is 1. The van der Waals surface area contributed by atoms with Crippen LogP contribution in [-0.2, 0) is 4.74 Å². The number of piperazine rings is 1. The Kier molecular flexibility index (Phi) is 7.10. The zero-order valence-electron chi connectivity index (χ0n) is 15.5. The van der Waals surface area contributed by atoms with E-state index >= 15 is 0 Å². The van der Waals surface area contributed by atoms with Crippen molar-refractivity contribution >= 4 is 39.5 Å². The number of amides is 2. The highest BCUT2D eigenvalue weighted by atomic mass is 79.9. The van der Waals surface area contributed by atoms with Crippen molar-refractivity contribution in [2.75, 3.05) is 26.2 Å². The van der Waals surface area contributed by atoms with E-state index in [-0.39, 0.29) is 43.2 Å². The maximum atomic E-state index is 14.3. The van der Waals surface area contributed by atoms with Crippen molar-refractivity contribution in [1.29, 1.82) is 0 Å². The van der Waals surface area contributed by atoms with Gasteiger partial charge in [-0.2, -0.15) is 0 Å². The van der Waals surface area contributed by atoms with Gasteiger partial charge in [-0.05, 0) is 55.3 Å². The van der Waals surface area contributed by atoms with Gasteiger partial charge in [0.25, 0.3) is 5.91 Å². The molecule has 1 N–H and O–H groups in total. The number of ether oxygens (including phenoxy) is 1.